The fourth-order valence-corrected chi connectivity index (χ4v) is 5.82. The fourth-order valence-electron chi connectivity index (χ4n) is 5.58. The molecule has 190 valence electrons. The third-order valence-corrected chi connectivity index (χ3v) is 7.84. The highest BCUT2D eigenvalue weighted by Crippen LogP contribution is 2.48. The van der Waals surface area contributed by atoms with Crippen LogP contribution < -0.4 is 10.2 Å². The van der Waals surface area contributed by atoms with Crippen LogP contribution in [-0.4, -0.2) is 11.7 Å². The number of anilines is 2. The van der Waals surface area contributed by atoms with Crippen LogP contribution in [0.25, 0.3) is 0 Å². The predicted molar refractivity (Wildman–Crippen MR) is 151 cm³/mol. The van der Waals surface area contributed by atoms with Crippen molar-refractivity contribution in [2.24, 2.45) is 0 Å². The molecule has 0 fully saturated rings. The summed E-state index contributed by atoms with van der Waals surface area (Å²) < 4.78 is 0. The van der Waals surface area contributed by atoms with Gasteiger partial charge in [0, 0.05) is 29.1 Å². The minimum Gasteiger partial charge on any atom is -0.357 e. The van der Waals surface area contributed by atoms with E-state index in [4.69, 9.17) is 11.6 Å². The van der Waals surface area contributed by atoms with E-state index in [9.17, 15) is 9.59 Å². The molecule has 37 heavy (non-hydrogen) atoms. The van der Waals surface area contributed by atoms with Crippen LogP contribution in [0, 0.1) is 6.92 Å². The van der Waals surface area contributed by atoms with Gasteiger partial charge in [0.1, 0.15) is 0 Å². The first-order chi connectivity index (χ1) is 18.0. The number of unbranched alkanes of at least 4 members (excludes halogenated alkanes) is 2. The molecule has 1 aliphatic carbocycles. The van der Waals surface area contributed by atoms with E-state index in [1.165, 1.54) is 5.56 Å². The number of nitrogens with one attached hydrogen (secondary N) is 1. The molecule has 5 rings (SSSR count). The number of hydrogen-bond acceptors (Lipinski definition) is 3. The Bertz CT molecular complexity index is 1340. The van der Waals surface area contributed by atoms with Crippen molar-refractivity contribution in [3.63, 3.8) is 0 Å². The molecule has 0 saturated carbocycles. The first-order valence-electron chi connectivity index (χ1n) is 13.2. The first kappa shape index (κ1) is 25.3. The number of fused-ring (bicyclic) bond motifs is 1. The van der Waals surface area contributed by atoms with Gasteiger partial charge in [-0.3, -0.25) is 14.5 Å². The Balaban J connectivity index is 1.67. The lowest BCUT2D eigenvalue weighted by Crippen LogP contribution is -2.38. The highest BCUT2D eigenvalue weighted by atomic mass is 35.5. The van der Waals surface area contributed by atoms with Crippen molar-refractivity contribution in [1.82, 2.24) is 0 Å². The number of allylic oxidation sites excluding steroid dienone is 1. The summed E-state index contributed by atoms with van der Waals surface area (Å²) >= 11 is 6.76. The summed E-state index contributed by atoms with van der Waals surface area (Å²) in [5.41, 5.74) is 6.28. The largest absolute Gasteiger partial charge is 0.357 e. The predicted octanol–water partition coefficient (Wildman–Crippen LogP) is 8.13. The van der Waals surface area contributed by atoms with Crippen molar-refractivity contribution < 1.29 is 9.59 Å². The molecule has 1 heterocycles. The monoisotopic (exact) mass is 512 g/mol. The number of halogens is 1. The number of carbonyl (C=O) groups excluding carboxylic acids is 2. The van der Waals surface area contributed by atoms with Gasteiger partial charge in [-0.1, -0.05) is 91.5 Å². The molecule has 1 N–H and O–H groups in total. The topological polar surface area (TPSA) is 49.4 Å². The second kappa shape index (κ2) is 10.9. The minimum atomic E-state index is -0.583. The van der Waals surface area contributed by atoms with Gasteiger partial charge in [0.2, 0.25) is 5.91 Å². The molecule has 2 atom stereocenters. The molecule has 1 aliphatic heterocycles. The summed E-state index contributed by atoms with van der Waals surface area (Å²) in [7, 11) is 0. The average molecular weight is 513 g/mol. The Labute approximate surface area is 224 Å². The third kappa shape index (κ3) is 5.08. The average Bonchev–Trinajstić information content (AvgIpc) is 3.04. The van der Waals surface area contributed by atoms with Crippen molar-refractivity contribution in [3.05, 3.63) is 106 Å². The molecule has 3 aromatic carbocycles. The SMILES string of the molecule is CCCCCC(=O)N1c2ccccc2NC2=C(C(=O)C[C@H](c3ccc(C)cc3)C2)[C@@H]1c1ccccc1Cl. The second-order valence-electron chi connectivity index (χ2n) is 10.1. The molecule has 2 aliphatic rings. The molecule has 0 bridgehead atoms. The minimum absolute atomic E-state index is 0.00910. The number of Topliss-reactive ketones (excluding diaryl/α,β-unsaturated/α-hetero) is 1. The maximum atomic E-state index is 14.0. The summed E-state index contributed by atoms with van der Waals surface area (Å²) in [5, 5.41) is 4.15. The number of amides is 1. The molecule has 0 radical (unpaired) electrons. The van der Waals surface area contributed by atoms with E-state index in [1.54, 1.807) is 0 Å². The fraction of sp³-hybridized carbons (Fsp3) is 0.312. The van der Waals surface area contributed by atoms with Gasteiger partial charge in [-0.05, 0) is 55.0 Å². The van der Waals surface area contributed by atoms with E-state index < -0.39 is 6.04 Å². The van der Waals surface area contributed by atoms with Gasteiger partial charge in [0.25, 0.3) is 0 Å². The van der Waals surface area contributed by atoms with Crippen LogP contribution in [0.3, 0.4) is 0 Å². The summed E-state index contributed by atoms with van der Waals surface area (Å²) in [4.78, 5) is 29.8. The molecular weight excluding hydrogens is 480 g/mol. The van der Waals surface area contributed by atoms with Gasteiger partial charge in [0.15, 0.2) is 5.78 Å². The Hall–Kier alpha value is -3.37. The zero-order valence-corrected chi connectivity index (χ0v) is 22.2. The molecule has 1 amide bonds. The summed E-state index contributed by atoms with van der Waals surface area (Å²) in [6.45, 7) is 4.20. The zero-order chi connectivity index (χ0) is 25.9. The number of carbonyl (C=O) groups is 2. The smallest absolute Gasteiger partial charge is 0.227 e. The van der Waals surface area contributed by atoms with Gasteiger partial charge >= 0.3 is 0 Å². The van der Waals surface area contributed by atoms with E-state index in [-0.39, 0.29) is 17.6 Å². The van der Waals surface area contributed by atoms with Crippen molar-refractivity contribution in [1.29, 1.82) is 0 Å². The summed E-state index contributed by atoms with van der Waals surface area (Å²) in [5.74, 6) is 0.142. The maximum Gasteiger partial charge on any atom is 0.227 e. The normalized spacial score (nSPS) is 19.1. The van der Waals surface area contributed by atoms with Gasteiger partial charge < -0.3 is 5.32 Å². The van der Waals surface area contributed by atoms with E-state index >= 15 is 0 Å². The number of nitrogens with zero attached hydrogens (tertiary/aromatic N) is 1. The quantitative estimate of drug-likeness (QED) is 0.339. The second-order valence-corrected chi connectivity index (χ2v) is 10.5. The van der Waals surface area contributed by atoms with E-state index in [2.05, 4.69) is 43.4 Å². The standard InChI is InChI=1S/C32H33ClN2O2/c1-3-4-5-14-30(37)35-28-13-9-8-12-26(28)34-27-19-23(22-17-15-21(2)16-18-22)20-29(36)31(27)32(35)24-10-6-7-11-25(24)33/h6-13,15-18,23,32,34H,3-5,14,19-20H2,1-2H3/t23-,32+/m1/s1. The molecule has 0 aromatic heterocycles. The van der Waals surface area contributed by atoms with Crippen LogP contribution in [0.1, 0.15) is 74.1 Å². The lowest BCUT2D eigenvalue weighted by molar-refractivity contribution is -0.119. The highest BCUT2D eigenvalue weighted by molar-refractivity contribution is 6.31. The van der Waals surface area contributed by atoms with E-state index in [0.717, 1.165) is 47.5 Å². The van der Waals surface area contributed by atoms with Crippen molar-refractivity contribution in [2.75, 3.05) is 10.2 Å². The van der Waals surface area contributed by atoms with Crippen molar-refractivity contribution in [3.8, 4) is 0 Å². The number of rotatable bonds is 6. The molecular formula is C32H33ClN2O2. The van der Waals surface area contributed by atoms with Crippen LogP contribution in [-0.2, 0) is 9.59 Å². The van der Waals surface area contributed by atoms with Crippen LogP contribution in [0.5, 0.6) is 0 Å². The maximum absolute atomic E-state index is 14.0. The molecule has 3 aromatic rings. The number of para-hydroxylation sites is 2. The lowest BCUT2D eigenvalue weighted by atomic mass is 9.78. The Kier molecular flexibility index (Phi) is 7.48. The number of hydrogen-bond donors (Lipinski definition) is 1. The Morgan fingerprint density at radius 3 is 2.46 bits per heavy atom. The van der Waals surface area contributed by atoms with Crippen LogP contribution in [0.15, 0.2) is 84.1 Å². The van der Waals surface area contributed by atoms with Crippen LogP contribution in [0.4, 0.5) is 11.4 Å². The lowest BCUT2D eigenvalue weighted by Gasteiger charge is -2.35. The van der Waals surface area contributed by atoms with Gasteiger partial charge in [-0.15, -0.1) is 0 Å². The van der Waals surface area contributed by atoms with E-state index in [0.29, 0.717) is 29.9 Å². The molecule has 5 heteroatoms. The Morgan fingerprint density at radius 2 is 1.70 bits per heavy atom. The zero-order valence-electron chi connectivity index (χ0n) is 21.5. The summed E-state index contributed by atoms with van der Waals surface area (Å²) in [6, 6.07) is 23.3. The Morgan fingerprint density at radius 1 is 0.973 bits per heavy atom. The summed E-state index contributed by atoms with van der Waals surface area (Å²) in [6.07, 6.45) is 4.35. The molecule has 0 saturated heterocycles. The highest BCUT2D eigenvalue weighted by Gasteiger charge is 2.42. The molecule has 4 nitrogen and oxygen atoms in total. The van der Waals surface area contributed by atoms with E-state index in [1.807, 2.05) is 53.4 Å². The molecule has 0 spiro atoms. The van der Waals surface area contributed by atoms with Crippen molar-refractivity contribution in [2.45, 2.75) is 64.3 Å². The number of ketones is 1. The van der Waals surface area contributed by atoms with Gasteiger partial charge in [-0.25, -0.2) is 0 Å². The first-order valence-corrected chi connectivity index (χ1v) is 13.6. The van der Waals surface area contributed by atoms with Gasteiger partial charge in [-0.2, -0.15) is 0 Å². The van der Waals surface area contributed by atoms with Crippen LogP contribution in [0.2, 0.25) is 5.02 Å². The number of aryl methyl sites for hydroxylation is 1. The number of benzene rings is 3. The van der Waals surface area contributed by atoms with Crippen LogP contribution >= 0.6 is 11.6 Å². The third-order valence-electron chi connectivity index (χ3n) is 7.50. The molecule has 0 unspecified atom stereocenters. The van der Waals surface area contributed by atoms with Gasteiger partial charge in [0.05, 0.1) is 17.4 Å². The van der Waals surface area contributed by atoms with Crippen molar-refractivity contribution >= 4 is 34.7 Å².